The molecule has 0 aliphatic rings. The van der Waals surface area contributed by atoms with Gasteiger partial charge in [-0.15, -0.1) is 10.2 Å². The van der Waals surface area contributed by atoms with Gasteiger partial charge in [-0.25, -0.2) is 4.39 Å². The van der Waals surface area contributed by atoms with Gasteiger partial charge in [0.15, 0.2) is 5.58 Å². The topological polar surface area (TPSA) is 72.4 Å². The van der Waals surface area contributed by atoms with Gasteiger partial charge in [0.25, 0.3) is 0 Å². The lowest BCUT2D eigenvalue weighted by Gasteiger charge is -2.08. The normalized spacial score (nSPS) is 11.4. The molecule has 1 aromatic carbocycles. The van der Waals surface area contributed by atoms with Crippen molar-refractivity contribution in [3.05, 3.63) is 52.2 Å². The van der Waals surface area contributed by atoms with E-state index in [0.29, 0.717) is 9.50 Å². The lowest BCUT2D eigenvalue weighted by molar-refractivity contribution is -0.113. The summed E-state index contributed by atoms with van der Waals surface area (Å²) in [6.45, 7) is 3.75. The summed E-state index contributed by atoms with van der Waals surface area (Å²) in [5, 5.41) is 11.6. The van der Waals surface area contributed by atoms with Crippen molar-refractivity contribution >= 4 is 55.9 Å². The maximum Gasteiger partial charge on any atom is 0.234 e. The van der Waals surface area contributed by atoms with Crippen LogP contribution < -0.4 is 5.32 Å². The molecule has 1 N–H and O–H groups in total. The van der Waals surface area contributed by atoms with Gasteiger partial charge in [0.05, 0.1) is 22.5 Å². The summed E-state index contributed by atoms with van der Waals surface area (Å²) in [6, 6.07) is 8.30. The van der Waals surface area contributed by atoms with Crippen LogP contribution in [-0.2, 0) is 4.79 Å². The Bertz CT molecular complexity index is 1190. The monoisotopic (exact) mass is 448 g/mol. The van der Waals surface area contributed by atoms with Gasteiger partial charge < -0.3 is 9.73 Å². The Morgan fingerprint density at radius 3 is 2.85 bits per heavy atom. The molecule has 0 saturated carbocycles. The number of hydrogen-bond acceptors (Lipinski definition) is 5. The maximum atomic E-state index is 13.9. The molecule has 4 aromatic rings. The second kappa shape index (κ2) is 6.97. The van der Waals surface area contributed by atoms with Crippen LogP contribution in [0.1, 0.15) is 11.6 Å². The lowest BCUT2D eigenvalue weighted by atomic mass is 10.3. The van der Waals surface area contributed by atoms with Crippen molar-refractivity contribution in [2.75, 3.05) is 11.1 Å². The second-order valence-electron chi connectivity index (χ2n) is 5.98. The first kappa shape index (κ1) is 18.0. The average molecular weight is 449 g/mol. The van der Waals surface area contributed by atoms with Crippen molar-refractivity contribution in [1.82, 2.24) is 14.6 Å². The van der Waals surface area contributed by atoms with Gasteiger partial charge in [0.2, 0.25) is 5.91 Å². The number of aryl methyl sites for hydroxylation is 2. The Kier molecular flexibility index (Phi) is 4.65. The Balaban J connectivity index is 1.56. The first-order chi connectivity index (χ1) is 12.9. The van der Waals surface area contributed by atoms with Crippen LogP contribution >= 0.6 is 27.7 Å². The largest absolute Gasteiger partial charge is 0.460 e. The summed E-state index contributed by atoms with van der Waals surface area (Å²) in [5.74, 6) is 0.798. The van der Waals surface area contributed by atoms with E-state index in [2.05, 4.69) is 31.4 Å². The van der Waals surface area contributed by atoms with E-state index >= 15 is 0 Å². The molecule has 9 heteroatoms. The molecule has 0 aliphatic heterocycles. The van der Waals surface area contributed by atoms with Crippen LogP contribution in [0.5, 0.6) is 0 Å². The third-order valence-corrected chi connectivity index (χ3v) is 5.45. The molecule has 0 atom stereocenters. The quantitative estimate of drug-likeness (QED) is 0.457. The Labute approximate surface area is 166 Å². The zero-order valence-electron chi connectivity index (χ0n) is 14.4. The Morgan fingerprint density at radius 1 is 1.26 bits per heavy atom. The molecule has 0 spiro atoms. The minimum absolute atomic E-state index is 0.0779. The number of nitrogens with one attached hydrogen (secondary N) is 1. The summed E-state index contributed by atoms with van der Waals surface area (Å²) >= 11 is 4.42. The summed E-state index contributed by atoms with van der Waals surface area (Å²) in [5.41, 5.74) is 2.62. The number of anilines is 1. The van der Waals surface area contributed by atoms with Crippen molar-refractivity contribution in [2.24, 2.45) is 0 Å². The molecule has 27 heavy (non-hydrogen) atoms. The van der Waals surface area contributed by atoms with Crippen LogP contribution in [0.2, 0.25) is 0 Å². The number of carbonyl (C=O) groups excluding carboxylic acids is 1. The molecule has 0 aliphatic carbocycles. The lowest BCUT2D eigenvalue weighted by Crippen LogP contribution is -2.15. The van der Waals surface area contributed by atoms with Gasteiger partial charge in [-0.2, -0.15) is 0 Å². The summed E-state index contributed by atoms with van der Waals surface area (Å²) in [7, 11) is 0. The van der Waals surface area contributed by atoms with E-state index in [1.165, 1.54) is 23.9 Å². The number of halogens is 2. The van der Waals surface area contributed by atoms with E-state index in [4.69, 9.17) is 4.42 Å². The minimum Gasteiger partial charge on any atom is -0.460 e. The fourth-order valence-corrected chi connectivity index (χ4v) is 3.92. The number of hydrogen-bond donors (Lipinski definition) is 1. The highest BCUT2D eigenvalue weighted by atomic mass is 79.9. The molecular weight excluding hydrogens is 435 g/mol. The van der Waals surface area contributed by atoms with Crippen molar-refractivity contribution in [2.45, 2.75) is 18.9 Å². The van der Waals surface area contributed by atoms with Crippen molar-refractivity contribution in [3.8, 4) is 0 Å². The van der Waals surface area contributed by atoms with Crippen LogP contribution in [0.15, 0.2) is 44.2 Å². The van der Waals surface area contributed by atoms with Crippen molar-refractivity contribution < 1.29 is 13.6 Å². The first-order valence-electron chi connectivity index (χ1n) is 8.05. The van der Waals surface area contributed by atoms with E-state index in [1.54, 1.807) is 6.07 Å². The molecule has 4 rings (SSSR count). The fraction of sp³-hybridized carbons (Fsp3) is 0.167. The first-order valence-corrected chi connectivity index (χ1v) is 9.83. The predicted octanol–water partition coefficient (Wildman–Crippen LogP) is 4.72. The van der Waals surface area contributed by atoms with Crippen LogP contribution in [0.25, 0.3) is 16.6 Å². The standard InChI is InChI=1S/C18H14BrFN4O2S/c1-9-5-14-16(26-9)7-15-18(23-22-10(2)24(14)15)27-8-17(25)21-13-4-3-11(19)6-12(13)20/h3-7H,8H2,1-2H3,(H,21,25). The summed E-state index contributed by atoms with van der Waals surface area (Å²) < 4.78 is 22.1. The zero-order chi connectivity index (χ0) is 19.1. The third kappa shape index (κ3) is 3.44. The molecule has 6 nitrogen and oxygen atoms in total. The van der Waals surface area contributed by atoms with E-state index in [1.807, 2.05) is 30.4 Å². The Morgan fingerprint density at radius 2 is 2.07 bits per heavy atom. The van der Waals surface area contributed by atoms with Crippen LogP contribution in [0.3, 0.4) is 0 Å². The molecule has 0 fully saturated rings. The maximum absolute atomic E-state index is 13.9. The van der Waals surface area contributed by atoms with E-state index in [-0.39, 0.29) is 17.3 Å². The zero-order valence-corrected chi connectivity index (χ0v) is 16.8. The molecule has 0 radical (unpaired) electrons. The number of nitrogens with zero attached hydrogens (tertiary/aromatic N) is 3. The van der Waals surface area contributed by atoms with Gasteiger partial charge in [0.1, 0.15) is 22.4 Å². The molecule has 138 valence electrons. The highest BCUT2D eigenvalue weighted by molar-refractivity contribution is 9.10. The van der Waals surface area contributed by atoms with E-state index < -0.39 is 5.82 Å². The van der Waals surface area contributed by atoms with Gasteiger partial charge in [-0.3, -0.25) is 9.20 Å². The molecule has 0 unspecified atom stereocenters. The van der Waals surface area contributed by atoms with Crippen molar-refractivity contribution in [3.63, 3.8) is 0 Å². The molecule has 3 heterocycles. The SMILES string of the molecule is Cc1cc2c(cc3c(SCC(=O)Nc4ccc(Br)cc4F)nnc(C)n32)o1. The van der Waals surface area contributed by atoms with Gasteiger partial charge in [-0.05, 0) is 32.0 Å². The van der Waals surface area contributed by atoms with Crippen LogP contribution in [0, 0.1) is 19.7 Å². The Hall–Kier alpha value is -2.39. The molecule has 0 bridgehead atoms. The van der Waals surface area contributed by atoms with Crippen molar-refractivity contribution in [1.29, 1.82) is 0 Å². The molecule has 1 amide bonds. The average Bonchev–Trinajstić information content (AvgIpc) is 3.13. The third-order valence-electron chi connectivity index (χ3n) is 3.99. The summed E-state index contributed by atoms with van der Waals surface area (Å²) in [4.78, 5) is 12.2. The second-order valence-corrected chi connectivity index (χ2v) is 7.86. The number of aromatic nitrogens is 3. The number of benzene rings is 1. The molecular formula is C18H14BrFN4O2S. The number of thioether (sulfide) groups is 1. The van der Waals surface area contributed by atoms with Gasteiger partial charge >= 0.3 is 0 Å². The van der Waals surface area contributed by atoms with E-state index in [0.717, 1.165) is 28.2 Å². The minimum atomic E-state index is -0.498. The van der Waals surface area contributed by atoms with E-state index in [9.17, 15) is 9.18 Å². The highest BCUT2D eigenvalue weighted by Gasteiger charge is 2.16. The number of rotatable bonds is 4. The summed E-state index contributed by atoms with van der Waals surface area (Å²) in [6.07, 6.45) is 0. The van der Waals surface area contributed by atoms with Gasteiger partial charge in [0, 0.05) is 16.6 Å². The van der Waals surface area contributed by atoms with Crippen LogP contribution in [-0.4, -0.2) is 26.3 Å². The molecule has 3 aromatic heterocycles. The van der Waals surface area contributed by atoms with Crippen LogP contribution in [0.4, 0.5) is 10.1 Å². The smallest absolute Gasteiger partial charge is 0.234 e. The highest BCUT2D eigenvalue weighted by Crippen LogP contribution is 2.30. The number of amides is 1. The number of fused-ring (bicyclic) bond motifs is 3. The van der Waals surface area contributed by atoms with Gasteiger partial charge in [-0.1, -0.05) is 27.7 Å². The predicted molar refractivity (Wildman–Crippen MR) is 106 cm³/mol. The number of furan rings is 1. The molecule has 0 saturated heterocycles. The number of carbonyl (C=O) groups is 1. The fourth-order valence-electron chi connectivity index (χ4n) is 2.85.